The van der Waals surface area contributed by atoms with E-state index in [0.717, 1.165) is 5.69 Å². The van der Waals surface area contributed by atoms with E-state index in [1.165, 1.54) is 0 Å². The van der Waals surface area contributed by atoms with Crippen LogP contribution in [0.25, 0.3) is 0 Å². The minimum atomic E-state index is -0.240. The lowest BCUT2D eigenvalue weighted by Gasteiger charge is -2.15. The number of rotatable bonds is 4. The van der Waals surface area contributed by atoms with Crippen LogP contribution in [0.15, 0.2) is 17.1 Å². The summed E-state index contributed by atoms with van der Waals surface area (Å²) in [4.78, 5) is 25.0. The Morgan fingerprint density at radius 1 is 1.44 bits per heavy atom. The number of carbonyl (C=O) groups is 1. The predicted molar refractivity (Wildman–Crippen MR) is 64.9 cm³/mol. The minimum absolute atomic E-state index is 0.0926. The van der Waals surface area contributed by atoms with E-state index >= 15 is 0 Å². The van der Waals surface area contributed by atoms with Crippen LogP contribution in [0.2, 0.25) is 0 Å². The number of aromatic nitrogens is 4. The molecule has 0 radical (unpaired) electrons. The SMILES string of the molecule is Cc1[nH][nH]c(=O)c1CC(=O)N(C)Cc1ccn[nH]1. The summed E-state index contributed by atoms with van der Waals surface area (Å²) in [6.45, 7) is 2.20. The van der Waals surface area contributed by atoms with Crippen LogP contribution in [0.1, 0.15) is 17.0 Å². The highest BCUT2D eigenvalue weighted by molar-refractivity contribution is 5.78. The Bertz CT molecular complexity index is 581. The molecule has 0 aliphatic carbocycles. The van der Waals surface area contributed by atoms with Crippen molar-refractivity contribution < 1.29 is 4.79 Å². The van der Waals surface area contributed by atoms with Gasteiger partial charge in [-0.05, 0) is 13.0 Å². The Hall–Kier alpha value is -2.31. The third kappa shape index (κ3) is 2.50. The molecule has 0 aliphatic heterocycles. The first-order valence-electron chi connectivity index (χ1n) is 5.56. The predicted octanol–water partition coefficient (Wildman–Crippen LogP) is -0.0644. The van der Waals surface area contributed by atoms with Gasteiger partial charge in [0.1, 0.15) is 0 Å². The van der Waals surface area contributed by atoms with Crippen molar-refractivity contribution in [3.63, 3.8) is 0 Å². The topological polar surface area (TPSA) is 97.6 Å². The summed E-state index contributed by atoms with van der Waals surface area (Å²) in [5.74, 6) is -0.113. The Morgan fingerprint density at radius 2 is 2.22 bits per heavy atom. The van der Waals surface area contributed by atoms with Crippen LogP contribution in [0, 0.1) is 6.92 Å². The molecule has 0 saturated heterocycles. The molecule has 96 valence electrons. The van der Waals surface area contributed by atoms with Gasteiger partial charge < -0.3 is 10.00 Å². The monoisotopic (exact) mass is 249 g/mol. The Morgan fingerprint density at radius 3 is 2.78 bits per heavy atom. The molecule has 0 aliphatic rings. The molecule has 7 heteroatoms. The first-order valence-corrected chi connectivity index (χ1v) is 5.56. The highest BCUT2D eigenvalue weighted by Gasteiger charge is 2.15. The maximum absolute atomic E-state index is 12.0. The fraction of sp³-hybridized carbons (Fsp3) is 0.364. The summed E-state index contributed by atoms with van der Waals surface area (Å²) in [5, 5.41) is 11.8. The average molecular weight is 249 g/mol. The molecule has 0 atom stereocenters. The van der Waals surface area contributed by atoms with Crippen molar-refractivity contribution in [3.8, 4) is 0 Å². The van der Waals surface area contributed by atoms with Gasteiger partial charge in [0.05, 0.1) is 18.7 Å². The number of aryl methyl sites for hydroxylation is 1. The van der Waals surface area contributed by atoms with Crippen LogP contribution in [-0.2, 0) is 17.8 Å². The quantitative estimate of drug-likeness (QED) is 0.707. The molecule has 7 nitrogen and oxygen atoms in total. The molecule has 0 fully saturated rings. The zero-order valence-corrected chi connectivity index (χ0v) is 10.3. The second kappa shape index (κ2) is 4.91. The number of likely N-dealkylation sites (N-methyl/N-ethyl adjacent to an activating group) is 1. The highest BCUT2D eigenvalue weighted by atomic mass is 16.2. The van der Waals surface area contributed by atoms with Gasteiger partial charge in [0, 0.05) is 24.5 Å². The molecule has 2 aromatic rings. The lowest BCUT2D eigenvalue weighted by Crippen LogP contribution is -2.29. The van der Waals surface area contributed by atoms with Gasteiger partial charge in [-0.3, -0.25) is 19.8 Å². The number of H-pyrrole nitrogens is 3. The van der Waals surface area contributed by atoms with Gasteiger partial charge in [0.15, 0.2) is 0 Å². The van der Waals surface area contributed by atoms with E-state index in [1.54, 1.807) is 31.1 Å². The van der Waals surface area contributed by atoms with Gasteiger partial charge in [-0.25, -0.2) is 0 Å². The van der Waals surface area contributed by atoms with Gasteiger partial charge in [0.25, 0.3) is 5.56 Å². The molecule has 0 spiro atoms. The smallest absolute Gasteiger partial charge is 0.267 e. The number of aromatic amines is 3. The van der Waals surface area contributed by atoms with Crippen LogP contribution in [0.4, 0.5) is 0 Å². The van der Waals surface area contributed by atoms with Crippen LogP contribution in [-0.4, -0.2) is 38.2 Å². The first-order chi connectivity index (χ1) is 8.58. The van der Waals surface area contributed by atoms with E-state index < -0.39 is 0 Å². The van der Waals surface area contributed by atoms with Gasteiger partial charge in [-0.15, -0.1) is 0 Å². The number of amides is 1. The molecule has 0 unspecified atom stereocenters. The van der Waals surface area contributed by atoms with Crippen molar-refractivity contribution in [1.29, 1.82) is 0 Å². The van der Waals surface area contributed by atoms with Crippen molar-refractivity contribution in [2.24, 2.45) is 0 Å². The number of hydrogen-bond donors (Lipinski definition) is 3. The highest BCUT2D eigenvalue weighted by Crippen LogP contribution is 2.04. The van der Waals surface area contributed by atoms with Gasteiger partial charge >= 0.3 is 0 Å². The number of carbonyl (C=O) groups excluding carboxylic acids is 1. The molecule has 0 aromatic carbocycles. The molecule has 2 aromatic heterocycles. The van der Waals surface area contributed by atoms with Crippen molar-refractivity contribution in [3.05, 3.63) is 39.6 Å². The summed E-state index contributed by atoms with van der Waals surface area (Å²) < 4.78 is 0. The lowest BCUT2D eigenvalue weighted by molar-refractivity contribution is -0.129. The summed E-state index contributed by atoms with van der Waals surface area (Å²) in [5.41, 5.74) is 1.79. The molecule has 2 rings (SSSR count). The van der Waals surface area contributed by atoms with Crippen LogP contribution < -0.4 is 5.56 Å². The standard InChI is InChI=1S/C11H15N5O2/c1-7-9(11(18)15-13-7)5-10(17)16(2)6-8-3-4-12-14-8/h3-4H,5-6H2,1-2H3,(H,12,14)(H2,13,15,18). The minimum Gasteiger partial charge on any atom is -0.340 e. The van der Waals surface area contributed by atoms with Crippen molar-refractivity contribution in [2.75, 3.05) is 7.05 Å². The lowest BCUT2D eigenvalue weighted by atomic mass is 10.1. The average Bonchev–Trinajstić information content (AvgIpc) is 2.94. The summed E-state index contributed by atoms with van der Waals surface area (Å²) in [6.07, 6.45) is 1.73. The number of nitrogens with zero attached hydrogens (tertiary/aromatic N) is 2. The van der Waals surface area contributed by atoms with E-state index in [2.05, 4.69) is 20.4 Å². The Kier molecular flexibility index (Phi) is 3.31. The first kappa shape index (κ1) is 12.2. The summed E-state index contributed by atoms with van der Waals surface area (Å²) in [6, 6.07) is 1.80. The zero-order valence-electron chi connectivity index (χ0n) is 10.3. The fourth-order valence-electron chi connectivity index (χ4n) is 1.69. The molecule has 0 bridgehead atoms. The maximum atomic E-state index is 12.0. The molecule has 1 amide bonds. The van der Waals surface area contributed by atoms with E-state index in [4.69, 9.17) is 0 Å². The van der Waals surface area contributed by atoms with E-state index in [9.17, 15) is 9.59 Å². The van der Waals surface area contributed by atoms with E-state index in [0.29, 0.717) is 17.8 Å². The number of hydrogen-bond acceptors (Lipinski definition) is 3. The molecule has 18 heavy (non-hydrogen) atoms. The summed E-state index contributed by atoms with van der Waals surface area (Å²) in [7, 11) is 1.69. The molecule has 2 heterocycles. The van der Waals surface area contributed by atoms with Crippen LogP contribution in [0.3, 0.4) is 0 Å². The van der Waals surface area contributed by atoms with Crippen molar-refractivity contribution in [1.82, 2.24) is 25.3 Å². The van der Waals surface area contributed by atoms with E-state index in [-0.39, 0.29) is 17.9 Å². The van der Waals surface area contributed by atoms with Gasteiger partial charge in [-0.2, -0.15) is 5.10 Å². The van der Waals surface area contributed by atoms with Crippen LogP contribution >= 0.6 is 0 Å². The van der Waals surface area contributed by atoms with E-state index in [1.807, 2.05) is 0 Å². The molecular weight excluding hydrogens is 234 g/mol. The van der Waals surface area contributed by atoms with Crippen molar-refractivity contribution in [2.45, 2.75) is 19.9 Å². The van der Waals surface area contributed by atoms with Gasteiger partial charge in [0.2, 0.25) is 5.91 Å². The molecular formula is C11H15N5O2. The molecule has 0 saturated carbocycles. The van der Waals surface area contributed by atoms with Gasteiger partial charge in [-0.1, -0.05) is 0 Å². The Balaban J connectivity index is 2.02. The van der Waals surface area contributed by atoms with Crippen LogP contribution in [0.5, 0.6) is 0 Å². The maximum Gasteiger partial charge on any atom is 0.267 e. The second-order valence-electron chi connectivity index (χ2n) is 4.19. The molecule has 3 N–H and O–H groups in total. The number of nitrogens with one attached hydrogen (secondary N) is 3. The largest absolute Gasteiger partial charge is 0.340 e. The second-order valence-corrected chi connectivity index (χ2v) is 4.19. The third-order valence-electron chi connectivity index (χ3n) is 2.81. The zero-order chi connectivity index (χ0) is 13.1. The fourth-order valence-corrected chi connectivity index (χ4v) is 1.69. The normalized spacial score (nSPS) is 10.6. The summed E-state index contributed by atoms with van der Waals surface area (Å²) >= 11 is 0. The van der Waals surface area contributed by atoms with Crippen molar-refractivity contribution >= 4 is 5.91 Å². The third-order valence-corrected chi connectivity index (χ3v) is 2.81. The Labute approximate surface area is 103 Å².